The number of pyridine rings is 1. The molecule has 0 spiro atoms. The van der Waals surface area contributed by atoms with Gasteiger partial charge in [-0.25, -0.2) is 4.98 Å². The Balaban J connectivity index is 1.38. The third kappa shape index (κ3) is 4.22. The van der Waals surface area contributed by atoms with Gasteiger partial charge in [-0.2, -0.15) is 13.2 Å². The van der Waals surface area contributed by atoms with Crippen LogP contribution in [-0.4, -0.2) is 62.5 Å². The number of benzene rings is 1. The quantitative estimate of drug-likeness (QED) is 0.416. The Kier molecular flexibility index (Phi) is 5.78. The minimum Gasteiger partial charge on any atom is -0.348 e. The minimum atomic E-state index is -4.50. The fourth-order valence-corrected chi connectivity index (χ4v) is 6.40. The molecule has 39 heavy (non-hydrogen) atoms. The Bertz CT molecular complexity index is 1630. The maximum Gasteiger partial charge on any atom is 0.416 e. The molecule has 0 atom stereocenters. The first kappa shape index (κ1) is 24.4. The minimum absolute atomic E-state index is 0.280. The van der Waals surface area contributed by atoms with E-state index in [1.165, 1.54) is 18.6 Å². The van der Waals surface area contributed by atoms with Gasteiger partial charge in [-0.05, 0) is 55.8 Å². The van der Waals surface area contributed by atoms with Crippen molar-refractivity contribution in [3.8, 4) is 0 Å². The van der Waals surface area contributed by atoms with Gasteiger partial charge < -0.3 is 9.88 Å². The van der Waals surface area contributed by atoms with Gasteiger partial charge in [0.2, 0.25) is 0 Å². The first-order valence-electron chi connectivity index (χ1n) is 13.5. The number of hydrogen-bond acceptors (Lipinski definition) is 4. The predicted octanol–water partition coefficient (Wildman–Crippen LogP) is 4.61. The molecule has 1 aromatic carbocycles. The molecular weight excluding hydrogens is 505 g/mol. The number of nitrogens with one attached hydrogen (secondary N) is 1. The van der Waals surface area contributed by atoms with Gasteiger partial charge in [-0.1, -0.05) is 12.5 Å². The Labute approximate surface area is 223 Å². The van der Waals surface area contributed by atoms with Gasteiger partial charge in [0.1, 0.15) is 5.65 Å². The third-order valence-corrected chi connectivity index (χ3v) is 8.23. The lowest BCUT2D eigenvalue weighted by molar-refractivity contribution is -0.137. The van der Waals surface area contributed by atoms with Crippen molar-refractivity contribution in [3.63, 3.8) is 0 Å². The molecule has 4 aromatic rings. The van der Waals surface area contributed by atoms with Crippen LogP contribution >= 0.6 is 0 Å². The average molecular weight is 535 g/mol. The number of alkyl halides is 3. The highest BCUT2D eigenvalue weighted by molar-refractivity contribution is 6.32. The van der Waals surface area contributed by atoms with Crippen molar-refractivity contribution in [3.05, 3.63) is 71.3 Å². The van der Waals surface area contributed by atoms with Gasteiger partial charge in [-0.3, -0.25) is 19.0 Å². The molecule has 0 unspecified atom stereocenters. The molecule has 1 amide bonds. The van der Waals surface area contributed by atoms with Gasteiger partial charge in [0.25, 0.3) is 5.91 Å². The zero-order valence-electron chi connectivity index (χ0n) is 21.5. The van der Waals surface area contributed by atoms with E-state index in [4.69, 9.17) is 0 Å². The number of halogens is 3. The first-order valence-corrected chi connectivity index (χ1v) is 13.5. The van der Waals surface area contributed by atoms with Crippen LogP contribution in [0.3, 0.4) is 0 Å². The summed E-state index contributed by atoms with van der Waals surface area (Å²) in [5.74, 6) is -0.280. The van der Waals surface area contributed by atoms with Gasteiger partial charge in [-0.15, -0.1) is 0 Å². The Morgan fingerprint density at radius 2 is 1.85 bits per heavy atom. The van der Waals surface area contributed by atoms with Crippen LogP contribution in [-0.2, 0) is 24.1 Å². The number of fused-ring (bicyclic) bond motifs is 1. The highest BCUT2D eigenvalue weighted by Gasteiger charge is 2.35. The van der Waals surface area contributed by atoms with Gasteiger partial charge in [0.05, 0.1) is 35.2 Å². The van der Waals surface area contributed by atoms with Crippen molar-refractivity contribution in [2.45, 2.75) is 38.5 Å². The Hall–Kier alpha value is -3.63. The molecular formula is C29H29F3N6O. The number of nitrogens with zero attached hydrogens (tertiary/aromatic N) is 5. The summed E-state index contributed by atoms with van der Waals surface area (Å²) in [4.78, 5) is 22.4. The number of hydrogen-bond donors (Lipinski definition) is 1. The molecule has 0 radical (unpaired) electrons. The first-order chi connectivity index (χ1) is 18.9. The van der Waals surface area contributed by atoms with E-state index in [2.05, 4.69) is 20.1 Å². The van der Waals surface area contributed by atoms with Crippen molar-refractivity contribution >= 4 is 33.6 Å². The van der Waals surface area contributed by atoms with Crippen LogP contribution in [0.2, 0.25) is 0 Å². The summed E-state index contributed by atoms with van der Waals surface area (Å²) in [6.07, 6.45) is 4.54. The summed E-state index contributed by atoms with van der Waals surface area (Å²) in [5, 5.41) is 3.37. The second kappa shape index (κ2) is 9.24. The third-order valence-electron chi connectivity index (χ3n) is 8.23. The van der Waals surface area contributed by atoms with E-state index in [0.717, 1.165) is 61.6 Å². The molecule has 1 N–H and O–H groups in total. The number of likely N-dealkylation sites (tertiary alicyclic amines) is 1. The van der Waals surface area contributed by atoms with E-state index in [1.54, 1.807) is 6.20 Å². The summed E-state index contributed by atoms with van der Waals surface area (Å²) in [5.41, 5.74) is 3.94. The van der Waals surface area contributed by atoms with E-state index in [-0.39, 0.29) is 5.91 Å². The lowest BCUT2D eigenvalue weighted by atomic mass is 9.96. The molecule has 7 rings (SSSR count). The smallest absolute Gasteiger partial charge is 0.348 e. The number of rotatable bonds is 4. The fourth-order valence-electron chi connectivity index (χ4n) is 6.40. The molecule has 1 saturated heterocycles. The number of imidazole rings is 1. The monoisotopic (exact) mass is 534 g/mol. The molecule has 202 valence electrons. The summed E-state index contributed by atoms with van der Waals surface area (Å²) in [7, 11) is 0. The summed E-state index contributed by atoms with van der Waals surface area (Å²) in [6.45, 7) is 4.90. The maximum absolute atomic E-state index is 14.2. The standard InChI is InChI=1S/C29H29F3N6O/c30-29(31,32)20-12-19-16-36(18-35-7-3-1-4-8-35)10-11-37-17-23(21(13-20)27(19)37)26-22(14-34-28(26)39)24-15-33-25-6-2-5-9-38(24)25/h2,5-6,9,12-13,15,17H,1,3-4,7-8,10-11,14,16,18H2,(H,34,39). The normalized spacial score (nSPS) is 19.3. The topological polar surface area (TPSA) is 57.8 Å². The van der Waals surface area contributed by atoms with Crippen molar-refractivity contribution in [1.29, 1.82) is 0 Å². The average Bonchev–Trinajstić information content (AvgIpc) is 3.58. The zero-order chi connectivity index (χ0) is 26.7. The van der Waals surface area contributed by atoms with Crippen LogP contribution < -0.4 is 5.32 Å². The highest BCUT2D eigenvalue weighted by atomic mass is 19.4. The SMILES string of the molecule is O=C1NCC(c2cnc3ccccn23)=C1c1cn2c3c(cc(C(F)(F)F)cc13)CN(CN1CCCCC1)CC2. The largest absolute Gasteiger partial charge is 0.416 e. The van der Waals surface area contributed by atoms with Crippen LogP contribution in [0.4, 0.5) is 13.2 Å². The van der Waals surface area contributed by atoms with E-state index in [9.17, 15) is 18.0 Å². The van der Waals surface area contributed by atoms with E-state index in [0.29, 0.717) is 41.7 Å². The van der Waals surface area contributed by atoms with Crippen LogP contribution in [0, 0.1) is 0 Å². The number of carbonyl (C=O) groups excluding carboxylic acids is 1. The second-order valence-corrected chi connectivity index (χ2v) is 10.7. The molecule has 0 aliphatic carbocycles. The summed E-state index contributed by atoms with van der Waals surface area (Å²) < 4.78 is 46.4. The Morgan fingerprint density at radius 1 is 1.00 bits per heavy atom. The number of aromatic nitrogens is 3. The molecule has 3 aliphatic heterocycles. The number of piperidine rings is 1. The molecule has 1 fully saturated rings. The summed E-state index contributed by atoms with van der Waals surface area (Å²) in [6, 6.07) is 8.17. The number of carbonyl (C=O) groups is 1. The van der Waals surface area contributed by atoms with Crippen LogP contribution in [0.5, 0.6) is 0 Å². The molecule has 3 aliphatic rings. The van der Waals surface area contributed by atoms with E-state index < -0.39 is 11.7 Å². The second-order valence-electron chi connectivity index (χ2n) is 10.7. The van der Waals surface area contributed by atoms with Crippen LogP contribution in [0.25, 0.3) is 27.7 Å². The lowest BCUT2D eigenvalue weighted by Crippen LogP contribution is -2.41. The van der Waals surface area contributed by atoms with Crippen molar-refractivity contribution in [2.24, 2.45) is 0 Å². The lowest BCUT2D eigenvalue weighted by Gasteiger charge is -2.32. The molecule has 3 aromatic heterocycles. The van der Waals surface area contributed by atoms with E-state index >= 15 is 0 Å². The summed E-state index contributed by atoms with van der Waals surface area (Å²) >= 11 is 0. The van der Waals surface area contributed by atoms with E-state index in [1.807, 2.05) is 39.6 Å². The van der Waals surface area contributed by atoms with Crippen molar-refractivity contribution in [2.75, 3.05) is 32.8 Å². The maximum atomic E-state index is 14.2. The van der Waals surface area contributed by atoms with Gasteiger partial charge in [0, 0.05) is 55.1 Å². The van der Waals surface area contributed by atoms with Crippen LogP contribution in [0.15, 0.2) is 48.9 Å². The molecule has 7 nitrogen and oxygen atoms in total. The fraction of sp³-hybridized carbons (Fsp3) is 0.379. The van der Waals surface area contributed by atoms with Gasteiger partial charge >= 0.3 is 6.18 Å². The predicted molar refractivity (Wildman–Crippen MR) is 143 cm³/mol. The van der Waals surface area contributed by atoms with Crippen molar-refractivity contribution < 1.29 is 18.0 Å². The molecule has 6 heterocycles. The van der Waals surface area contributed by atoms with Crippen LogP contribution in [0.1, 0.15) is 41.6 Å². The Morgan fingerprint density at radius 3 is 2.67 bits per heavy atom. The zero-order valence-corrected chi connectivity index (χ0v) is 21.5. The number of amides is 1. The molecule has 0 saturated carbocycles. The molecule has 10 heteroatoms. The van der Waals surface area contributed by atoms with Crippen molar-refractivity contribution in [1.82, 2.24) is 29.1 Å². The molecule has 0 bridgehead atoms. The van der Waals surface area contributed by atoms with Gasteiger partial charge in [0.15, 0.2) is 0 Å². The highest BCUT2D eigenvalue weighted by Crippen LogP contribution is 2.41.